The van der Waals surface area contributed by atoms with Crippen molar-refractivity contribution in [1.29, 1.82) is 0 Å². The SMILES string of the molecule is CC(=O)c1csc(-c2cnn(C)c2)n1. The highest BCUT2D eigenvalue weighted by Crippen LogP contribution is 2.22. The second-order valence-corrected chi connectivity index (χ2v) is 3.85. The predicted octanol–water partition coefficient (Wildman–Crippen LogP) is 1.75. The van der Waals surface area contributed by atoms with E-state index in [9.17, 15) is 4.79 Å². The number of nitrogens with zero attached hydrogens (tertiary/aromatic N) is 3. The third kappa shape index (κ3) is 1.58. The minimum absolute atomic E-state index is 0.00334. The number of ketones is 1. The smallest absolute Gasteiger partial charge is 0.178 e. The lowest BCUT2D eigenvalue weighted by Gasteiger charge is -1.86. The number of hydrogen-bond acceptors (Lipinski definition) is 4. The molecule has 14 heavy (non-hydrogen) atoms. The molecule has 2 aromatic heterocycles. The lowest BCUT2D eigenvalue weighted by molar-refractivity contribution is 0.101. The highest BCUT2D eigenvalue weighted by molar-refractivity contribution is 7.13. The van der Waals surface area contributed by atoms with Crippen LogP contribution in [0.25, 0.3) is 10.6 Å². The standard InChI is InChI=1S/C9H9N3OS/c1-6(13)8-5-14-9(11-8)7-3-10-12(2)4-7/h3-5H,1-2H3. The van der Waals surface area contributed by atoms with Crippen molar-refractivity contribution in [1.82, 2.24) is 14.8 Å². The van der Waals surface area contributed by atoms with E-state index in [1.54, 1.807) is 16.3 Å². The van der Waals surface area contributed by atoms with Gasteiger partial charge >= 0.3 is 0 Å². The van der Waals surface area contributed by atoms with Crippen molar-refractivity contribution in [2.24, 2.45) is 7.05 Å². The Balaban J connectivity index is 2.38. The molecule has 4 nitrogen and oxygen atoms in total. The highest BCUT2D eigenvalue weighted by atomic mass is 32.1. The summed E-state index contributed by atoms with van der Waals surface area (Å²) in [5.41, 5.74) is 1.47. The molecule has 0 radical (unpaired) electrons. The van der Waals surface area contributed by atoms with Crippen molar-refractivity contribution >= 4 is 17.1 Å². The van der Waals surface area contributed by atoms with E-state index in [2.05, 4.69) is 10.1 Å². The van der Waals surface area contributed by atoms with Crippen molar-refractivity contribution in [3.8, 4) is 10.6 Å². The molecule has 0 N–H and O–H groups in total. The van der Waals surface area contributed by atoms with Gasteiger partial charge in [0.05, 0.1) is 6.20 Å². The van der Waals surface area contributed by atoms with Crippen LogP contribution in [-0.2, 0) is 7.05 Å². The van der Waals surface area contributed by atoms with Gasteiger partial charge in [-0.15, -0.1) is 11.3 Å². The van der Waals surface area contributed by atoms with E-state index >= 15 is 0 Å². The third-order valence-corrected chi connectivity index (χ3v) is 2.71. The molecule has 0 unspecified atom stereocenters. The largest absolute Gasteiger partial charge is 0.293 e. The number of carbonyl (C=O) groups excluding carboxylic acids is 1. The summed E-state index contributed by atoms with van der Waals surface area (Å²) < 4.78 is 1.71. The zero-order valence-electron chi connectivity index (χ0n) is 7.89. The quantitative estimate of drug-likeness (QED) is 0.705. The van der Waals surface area contributed by atoms with E-state index in [1.165, 1.54) is 18.3 Å². The molecule has 0 saturated carbocycles. The molecular weight excluding hydrogens is 198 g/mol. The Morgan fingerprint density at radius 2 is 2.36 bits per heavy atom. The van der Waals surface area contributed by atoms with Gasteiger partial charge in [-0.3, -0.25) is 9.48 Å². The molecule has 0 bridgehead atoms. The second kappa shape index (κ2) is 3.34. The van der Waals surface area contributed by atoms with Gasteiger partial charge in [-0.2, -0.15) is 5.10 Å². The Kier molecular flexibility index (Phi) is 2.17. The number of aromatic nitrogens is 3. The summed E-state index contributed by atoms with van der Waals surface area (Å²) in [6, 6.07) is 0. The van der Waals surface area contributed by atoms with Crippen LogP contribution in [0.4, 0.5) is 0 Å². The maximum absolute atomic E-state index is 11.0. The summed E-state index contributed by atoms with van der Waals surface area (Å²) in [6.45, 7) is 1.52. The molecule has 0 amide bonds. The van der Waals surface area contributed by atoms with Gasteiger partial charge in [-0.05, 0) is 0 Å². The molecule has 0 aliphatic carbocycles. The van der Waals surface area contributed by atoms with Crippen LogP contribution in [0.3, 0.4) is 0 Å². The van der Waals surface area contributed by atoms with Crippen LogP contribution in [0.1, 0.15) is 17.4 Å². The van der Waals surface area contributed by atoms with E-state index in [0.29, 0.717) is 5.69 Å². The molecule has 2 aromatic rings. The van der Waals surface area contributed by atoms with Gasteiger partial charge in [0, 0.05) is 31.1 Å². The Labute approximate surface area is 85.2 Å². The Bertz CT molecular complexity index is 472. The van der Waals surface area contributed by atoms with Crippen molar-refractivity contribution in [2.45, 2.75) is 6.92 Å². The molecule has 2 heterocycles. The summed E-state index contributed by atoms with van der Waals surface area (Å²) in [4.78, 5) is 15.2. The van der Waals surface area contributed by atoms with Gasteiger partial charge in [0.2, 0.25) is 0 Å². The molecule has 0 aliphatic rings. The Hall–Kier alpha value is -1.49. The Morgan fingerprint density at radius 3 is 2.86 bits per heavy atom. The number of rotatable bonds is 2. The van der Waals surface area contributed by atoms with Crippen molar-refractivity contribution in [2.75, 3.05) is 0 Å². The van der Waals surface area contributed by atoms with Gasteiger partial charge in [0.25, 0.3) is 0 Å². The zero-order chi connectivity index (χ0) is 10.1. The first-order valence-electron chi connectivity index (χ1n) is 4.12. The van der Waals surface area contributed by atoms with Crippen LogP contribution in [0.2, 0.25) is 0 Å². The second-order valence-electron chi connectivity index (χ2n) is 3.00. The molecule has 0 saturated heterocycles. The summed E-state index contributed by atoms with van der Waals surface area (Å²) >= 11 is 1.46. The molecule has 5 heteroatoms. The maximum atomic E-state index is 11.0. The average Bonchev–Trinajstić information content (AvgIpc) is 2.70. The molecule has 72 valence electrons. The summed E-state index contributed by atoms with van der Waals surface area (Å²) in [6.07, 6.45) is 3.62. The molecule has 0 aliphatic heterocycles. The third-order valence-electron chi connectivity index (χ3n) is 1.82. The fourth-order valence-electron chi connectivity index (χ4n) is 1.10. The fourth-order valence-corrected chi connectivity index (χ4v) is 1.93. The van der Waals surface area contributed by atoms with Crippen LogP contribution in [0.5, 0.6) is 0 Å². The minimum Gasteiger partial charge on any atom is -0.293 e. The van der Waals surface area contributed by atoms with Crippen LogP contribution < -0.4 is 0 Å². The number of aryl methyl sites for hydroxylation is 1. The van der Waals surface area contributed by atoms with Crippen molar-refractivity contribution in [3.63, 3.8) is 0 Å². The van der Waals surface area contributed by atoms with E-state index in [0.717, 1.165) is 10.6 Å². The zero-order valence-corrected chi connectivity index (χ0v) is 8.71. The van der Waals surface area contributed by atoms with E-state index < -0.39 is 0 Å². The Morgan fingerprint density at radius 1 is 1.57 bits per heavy atom. The molecule has 0 spiro atoms. The summed E-state index contributed by atoms with van der Waals surface area (Å²) in [5, 5.41) is 6.65. The number of hydrogen-bond donors (Lipinski definition) is 0. The van der Waals surface area contributed by atoms with Gasteiger partial charge in [0.15, 0.2) is 5.78 Å². The van der Waals surface area contributed by atoms with Gasteiger partial charge < -0.3 is 0 Å². The van der Waals surface area contributed by atoms with Crippen molar-refractivity contribution < 1.29 is 4.79 Å². The summed E-state index contributed by atoms with van der Waals surface area (Å²) in [7, 11) is 1.85. The molecule has 0 aromatic carbocycles. The van der Waals surface area contributed by atoms with Gasteiger partial charge in [-0.25, -0.2) is 4.98 Å². The van der Waals surface area contributed by atoms with Crippen LogP contribution in [-0.4, -0.2) is 20.5 Å². The predicted molar refractivity (Wildman–Crippen MR) is 54.3 cm³/mol. The molecule has 0 atom stereocenters. The highest BCUT2D eigenvalue weighted by Gasteiger charge is 2.08. The number of carbonyl (C=O) groups is 1. The van der Waals surface area contributed by atoms with E-state index in [1.807, 2.05) is 13.2 Å². The number of Topliss-reactive ketones (excluding diaryl/α,β-unsaturated/α-hetero) is 1. The lowest BCUT2D eigenvalue weighted by Crippen LogP contribution is -1.90. The number of thiazole rings is 1. The molecule has 0 fully saturated rings. The van der Waals surface area contributed by atoms with Crippen LogP contribution >= 0.6 is 11.3 Å². The minimum atomic E-state index is -0.00334. The average molecular weight is 207 g/mol. The van der Waals surface area contributed by atoms with Crippen molar-refractivity contribution in [3.05, 3.63) is 23.5 Å². The fraction of sp³-hybridized carbons (Fsp3) is 0.222. The van der Waals surface area contributed by atoms with E-state index in [-0.39, 0.29) is 5.78 Å². The normalized spacial score (nSPS) is 10.4. The summed E-state index contributed by atoms with van der Waals surface area (Å²) in [5.74, 6) is -0.00334. The topological polar surface area (TPSA) is 47.8 Å². The monoisotopic (exact) mass is 207 g/mol. The van der Waals surface area contributed by atoms with Crippen LogP contribution in [0, 0.1) is 0 Å². The maximum Gasteiger partial charge on any atom is 0.178 e. The first-order valence-corrected chi connectivity index (χ1v) is 5.00. The van der Waals surface area contributed by atoms with Crippen LogP contribution in [0.15, 0.2) is 17.8 Å². The van der Waals surface area contributed by atoms with E-state index in [4.69, 9.17) is 0 Å². The molecular formula is C9H9N3OS. The lowest BCUT2D eigenvalue weighted by atomic mass is 10.3. The van der Waals surface area contributed by atoms with Gasteiger partial charge in [0.1, 0.15) is 10.7 Å². The molecule has 2 rings (SSSR count). The first kappa shape index (κ1) is 9.08. The van der Waals surface area contributed by atoms with Gasteiger partial charge in [-0.1, -0.05) is 0 Å². The first-order chi connectivity index (χ1) is 6.66.